The second-order valence-electron chi connectivity index (χ2n) is 6.44. The van der Waals surface area contributed by atoms with Crippen molar-refractivity contribution in [1.29, 1.82) is 0 Å². The highest BCUT2D eigenvalue weighted by molar-refractivity contribution is 5.06. The molecule has 3 unspecified atom stereocenters. The topological polar surface area (TPSA) is 58.9 Å². The van der Waals surface area contributed by atoms with E-state index in [0.717, 1.165) is 18.4 Å². The average Bonchev–Trinajstić information content (AvgIpc) is 2.60. The maximum Gasteiger partial charge on any atom is 0.198 e. The summed E-state index contributed by atoms with van der Waals surface area (Å²) in [6.07, 6.45) is 5.24. The van der Waals surface area contributed by atoms with Crippen molar-refractivity contribution in [3.63, 3.8) is 0 Å². The summed E-state index contributed by atoms with van der Waals surface area (Å²) in [5.74, 6) is 1.15. The molecular formula is C15H26O4. The van der Waals surface area contributed by atoms with Gasteiger partial charge in [0, 0.05) is 6.42 Å². The van der Waals surface area contributed by atoms with E-state index < -0.39 is 5.79 Å². The van der Waals surface area contributed by atoms with E-state index in [1.165, 1.54) is 12.7 Å². The summed E-state index contributed by atoms with van der Waals surface area (Å²) in [7, 11) is 0. The fourth-order valence-electron chi connectivity index (χ4n) is 3.84. The van der Waals surface area contributed by atoms with Crippen LogP contribution < -0.4 is 0 Å². The molecule has 0 bridgehead atoms. The summed E-state index contributed by atoms with van der Waals surface area (Å²) in [6, 6.07) is 0. The molecule has 2 N–H and O–H groups in total. The maximum atomic E-state index is 9.29. The molecule has 19 heavy (non-hydrogen) atoms. The monoisotopic (exact) mass is 270 g/mol. The molecule has 0 amide bonds. The number of hydrogen-bond donors (Lipinski definition) is 2. The standard InChI is InChI=1S/C15H26O4/c1-10-4-5-12(11(2)8-16)14-9-18-15(3,19-17)7-6-13(10)14/h8,10,12-14,16-17H,4-7,9H2,1-3H3/b11-8-/t10-,12+,13?,14?,15?/m1/s1. The van der Waals surface area contributed by atoms with Gasteiger partial charge in [-0.25, -0.2) is 10.1 Å². The molecule has 5 atom stereocenters. The molecule has 1 heterocycles. The normalized spacial score (nSPS) is 44.5. The van der Waals surface area contributed by atoms with Crippen LogP contribution in [0.2, 0.25) is 0 Å². The van der Waals surface area contributed by atoms with Crippen molar-refractivity contribution < 1.29 is 20.0 Å². The van der Waals surface area contributed by atoms with Gasteiger partial charge in [0.15, 0.2) is 5.79 Å². The number of hydrogen-bond acceptors (Lipinski definition) is 4. The van der Waals surface area contributed by atoms with Crippen LogP contribution in [0.5, 0.6) is 0 Å². The maximum absolute atomic E-state index is 9.29. The van der Waals surface area contributed by atoms with Crippen LogP contribution in [0.15, 0.2) is 11.8 Å². The average molecular weight is 270 g/mol. The van der Waals surface area contributed by atoms with Crippen molar-refractivity contribution >= 4 is 0 Å². The third-order valence-electron chi connectivity index (χ3n) is 5.23. The Balaban J connectivity index is 2.19. The lowest BCUT2D eigenvalue weighted by molar-refractivity contribution is -0.398. The molecule has 2 fully saturated rings. The second-order valence-corrected chi connectivity index (χ2v) is 6.44. The number of aliphatic hydroxyl groups excluding tert-OH is 1. The molecule has 0 aromatic heterocycles. The van der Waals surface area contributed by atoms with E-state index >= 15 is 0 Å². The molecule has 0 radical (unpaired) electrons. The van der Waals surface area contributed by atoms with Gasteiger partial charge in [-0.1, -0.05) is 6.92 Å². The quantitative estimate of drug-likeness (QED) is 0.456. The van der Waals surface area contributed by atoms with Gasteiger partial charge in [0.25, 0.3) is 0 Å². The van der Waals surface area contributed by atoms with Gasteiger partial charge < -0.3 is 9.84 Å². The van der Waals surface area contributed by atoms with Crippen LogP contribution in [0.3, 0.4) is 0 Å². The van der Waals surface area contributed by atoms with Gasteiger partial charge >= 0.3 is 0 Å². The molecule has 1 aliphatic heterocycles. The highest BCUT2D eigenvalue weighted by Crippen LogP contribution is 2.47. The third kappa shape index (κ3) is 2.96. The van der Waals surface area contributed by atoms with Gasteiger partial charge in [-0.2, -0.15) is 0 Å². The van der Waals surface area contributed by atoms with E-state index in [9.17, 15) is 5.11 Å². The number of aliphatic hydroxyl groups is 1. The Bertz CT molecular complexity index is 341. The molecule has 1 saturated heterocycles. The van der Waals surface area contributed by atoms with Crippen LogP contribution in [0, 0.1) is 23.7 Å². The minimum absolute atomic E-state index is 0.382. The summed E-state index contributed by atoms with van der Waals surface area (Å²) in [6.45, 7) is 6.67. The van der Waals surface area contributed by atoms with E-state index in [-0.39, 0.29) is 0 Å². The Morgan fingerprint density at radius 3 is 2.68 bits per heavy atom. The first kappa shape index (κ1) is 14.8. The number of allylic oxidation sites excluding steroid dienone is 1. The smallest absolute Gasteiger partial charge is 0.198 e. The minimum Gasteiger partial charge on any atom is -0.516 e. The largest absolute Gasteiger partial charge is 0.516 e. The summed E-state index contributed by atoms with van der Waals surface area (Å²) in [5, 5.41) is 18.3. The van der Waals surface area contributed by atoms with Gasteiger partial charge in [-0.05, 0) is 62.4 Å². The van der Waals surface area contributed by atoms with Crippen molar-refractivity contribution in [2.45, 2.75) is 52.2 Å². The molecule has 1 saturated carbocycles. The van der Waals surface area contributed by atoms with Crippen molar-refractivity contribution in [3.05, 3.63) is 11.8 Å². The van der Waals surface area contributed by atoms with E-state index in [0.29, 0.717) is 36.7 Å². The van der Waals surface area contributed by atoms with Gasteiger partial charge in [0.1, 0.15) is 0 Å². The van der Waals surface area contributed by atoms with Crippen LogP contribution in [-0.2, 0) is 9.62 Å². The van der Waals surface area contributed by atoms with Crippen LogP contribution in [0.4, 0.5) is 0 Å². The Kier molecular flexibility index (Phi) is 4.54. The molecule has 0 spiro atoms. The molecule has 4 heteroatoms. The van der Waals surface area contributed by atoms with Gasteiger partial charge in [-0.3, -0.25) is 0 Å². The molecule has 0 aromatic rings. The third-order valence-corrected chi connectivity index (χ3v) is 5.23. The fourth-order valence-corrected chi connectivity index (χ4v) is 3.84. The van der Waals surface area contributed by atoms with Gasteiger partial charge in [0.05, 0.1) is 12.9 Å². The zero-order valence-electron chi connectivity index (χ0n) is 12.1. The van der Waals surface area contributed by atoms with Gasteiger partial charge in [-0.15, -0.1) is 0 Å². The molecular weight excluding hydrogens is 244 g/mol. The Morgan fingerprint density at radius 2 is 2.05 bits per heavy atom. The highest BCUT2D eigenvalue weighted by Gasteiger charge is 2.43. The first-order valence-corrected chi connectivity index (χ1v) is 7.28. The van der Waals surface area contributed by atoms with E-state index in [1.807, 2.05) is 6.92 Å². The van der Waals surface area contributed by atoms with Gasteiger partial charge in [0.2, 0.25) is 0 Å². The predicted octanol–water partition coefficient (Wildman–Crippen LogP) is 3.74. The van der Waals surface area contributed by atoms with Crippen molar-refractivity contribution in [2.24, 2.45) is 23.7 Å². The van der Waals surface area contributed by atoms with Crippen molar-refractivity contribution in [2.75, 3.05) is 6.61 Å². The molecule has 2 aliphatic rings. The molecule has 2 rings (SSSR count). The first-order chi connectivity index (χ1) is 9.00. The van der Waals surface area contributed by atoms with E-state index in [2.05, 4.69) is 11.8 Å². The Labute approximate surface area is 115 Å². The lowest BCUT2D eigenvalue weighted by atomic mass is 9.64. The van der Waals surface area contributed by atoms with E-state index in [4.69, 9.17) is 9.99 Å². The summed E-state index contributed by atoms with van der Waals surface area (Å²) >= 11 is 0. The van der Waals surface area contributed by atoms with E-state index in [1.54, 1.807) is 6.92 Å². The number of rotatable bonds is 2. The van der Waals surface area contributed by atoms with Crippen LogP contribution in [0.25, 0.3) is 0 Å². The van der Waals surface area contributed by atoms with Crippen LogP contribution >= 0.6 is 0 Å². The molecule has 110 valence electrons. The van der Waals surface area contributed by atoms with Crippen molar-refractivity contribution in [3.8, 4) is 0 Å². The fraction of sp³-hybridized carbons (Fsp3) is 0.867. The predicted molar refractivity (Wildman–Crippen MR) is 72.6 cm³/mol. The summed E-state index contributed by atoms with van der Waals surface area (Å²) < 4.78 is 5.80. The SMILES string of the molecule is C/C(=C/O)[C@@H]1CC[C@@H](C)C2CCC(C)(OO)OCC21. The zero-order valence-corrected chi connectivity index (χ0v) is 12.1. The highest BCUT2D eigenvalue weighted by atomic mass is 17.1. The molecule has 4 nitrogen and oxygen atoms in total. The summed E-state index contributed by atoms with van der Waals surface area (Å²) in [4.78, 5) is 4.54. The Morgan fingerprint density at radius 1 is 1.32 bits per heavy atom. The lowest BCUT2D eigenvalue weighted by Gasteiger charge is -2.41. The number of fused-ring (bicyclic) bond motifs is 1. The minimum atomic E-state index is -0.877. The summed E-state index contributed by atoms with van der Waals surface area (Å²) in [5.41, 5.74) is 1.04. The molecule has 1 aliphatic carbocycles. The van der Waals surface area contributed by atoms with Crippen molar-refractivity contribution in [1.82, 2.24) is 0 Å². The number of ether oxygens (including phenoxy) is 1. The second kappa shape index (κ2) is 5.81. The zero-order chi connectivity index (χ0) is 14.0. The van der Waals surface area contributed by atoms with Crippen LogP contribution in [0.1, 0.15) is 46.5 Å². The first-order valence-electron chi connectivity index (χ1n) is 7.28. The van der Waals surface area contributed by atoms with Crippen LogP contribution in [-0.4, -0.2) is 22.8 Å². The molecule has 0 aromatic carbocycles. The lowest BCUT2D eigenvalue weighted by Crippen LogP contribution is -2.36. The Hall–Kier alpha value is -0.580.